The van der Waals surface area contributed by atoms with Crippen molar-refractivity contribution in [1.82, 2.24) is 5.43 Å². The molecule has 0 aromatic heterocycles. The van der Waals surface area contributed by atoms with Crippen LogP contribution in [0.1, 0.15) is 31.0 Å². The number of halogens is 2. The van der Waals surface area contributed by atoms with Crippen LogP contribution in [-0.4, -0.2) is 6.10 Å². The van der Waals surface area contributed by atoms with Crippen molar-refractivity contribution < 1.29 is 9.13 Å². The molecule has 0 aliphatic heterocycles. The summed E-state index contributed by atoms with van der Waals surface area (Å²) in [5.74, 6) is 5.96. The molecule has 2 rings (SSSR count). The van der Waals surface area contributed by atoms with Gasteiger partial charge in [0.1, 0.15) is 11.6 Å². The molecule has 0 heterocycles. The molecule has 5 heteroatoms. The number of nitrogens with two attached hydrogens (primary N) is 1. The SMILES string of the molecule is CC(C)Oc1cccc(C(NN)c2ccc(F)c(Cl)c2)c1. The lowest BCUT2D eigenvalue weighted by Gasteiger charge is -2.19. The molecule has 0 radical (unpaired) electrons. The van der Waals surface area contributed by atoms with E-state index in [0.29, 0.717) is 0 Å². The van der Waals surface area contributed by atoms with E-state index < -0.39 is 5.82 Å². The fourth-order valence-electron chi connectivity index (χ4n) is 2.12. The van der Waals surface area contributed by atoms with Crippen molar-refractivity contribution in [3.63, 3.8) is 0 Å². The van der Waals surface area contributed by atoms with E-state index in [1.807, 2.05) is 38.1 Å². The zero-order valence-electron chi connectivity index (χ0n) is 11.9. The smallest absolute Gasteiger partial charge is 0.141 e. The van der Waals surface area contributed by atoms with Gasteiger partial charge in [-0.05, 0) is 49.2 Å². The Morgan fingerprint density at radius 2 is 1.86 bits per heavy atom. The quantitative estimate of drug-likeness (QED) is 0.652. The molecule has 1 unspecified atom stereocenters. The number of rotatable bonds is 5. The molecule has 112 valence electrons. The zero-order valence-corrected chi connectivity index (χ0v) is 12.7. The first-order chi connectivity index (χ1) is 10.0. The average Bonchev–Trinajstić information content (AvgIpc) is 2.43. The Kier molecular flexibility index (Phi) is 5.17. The van der Waals surface area contributed by atoms with Gasteiger partial charge < -0.3 is 4.74 Å². The molecule has 0 saturated carbocycles. The normalized spacial score (nSPS) is 12.5. The van der Waals surface area contributed by atoms with Crippen LogP contribution in [0, 0.1) is 5.82 Å². The van der Waals surface area contributed by atoms with E-state index in [-0.39, 0.29) is 17.2 Å². The standard InChI is InChI=1S/C16H18ClFN2O/c1-10(2)21-13-5-3-4-11(8-13)16(20-19)12-6-7-15(18)14(17)9-12/h3-10,16,20H,19H2,1-2H3. The zero-order chi connectivity index (χ0) is 15.4. The van der Waals surface area contributed by atoms with E-state index in [4.69, 9.17) is 22.2 Å². The van der Waals surface area contributed by atoms with E-state index in [2.05, 4.69) is 5.43 Å². The first kappa shape index (κ1) is 15.8. The van der Waals surface area contributed by atoms with Crippen molar-refractivity contribution in [2.45, 2.75) is 26.0 Å². The van der Waals surface area contributed by atoms with Gasteiger partial charge in [0.25, 0.3) is 0 Å². The largest absolute Gasteiger partial charge is 0.491 e. The second-order valence-electron chi connectivity index (χ2n) is 5.01. The molecule has 3 nitrogen and oxygen atoms in total. The summed E-state index contributed by atoms with van der Waals surface area (Å²) in [6.07, 6.45) is 0.0878. The second kappa shape index (κ2) is 6.89. The summed E-state index contributed by atoms with van der Waals surface area (Å²) in [7, 11) is 0. The monoisotopic (exact) mass is 308 g/mol. The molecule has 0 aliphatic rings. The highest BCUT2D eigenvalue weighted by Gasteiger charge is 2.15. The topological polar surface area (TPSA) is 47.3 Å². The van der Waals surface area contributed by atoms with Gasteiger partial charge in [-0.25, -0.2) is 9.82 Å². The van der Waals surface area contributed by atoms with Crippen molar-refractivity contribution in [1.29, 1.82) is 0 Å². The minimum Gasteiger partial charge on any atom is -0.491 e. The highest BCUT2D eigenvalue weighted by molar-refractivity contribution is 6.30. The maximum Gasteiger partial charge on any atom is 0.141 e. The van der Waals surface area contributed by atoms with Gasteiger partial charge in [-0.3, -0.25) is 5.84 Å². The van der Waals surface area contributed by atoms with E-state index in [0.717, 1.165) is 16.9 Å². The molecule has 2 aromatic carbocycles. The molecule has 0 fully saturated rings. The number of benzene rings is 2. The fourth-order valence-corrected chi connectivity index (χ4v) is 2.31. The Morgan fingerprint density at radius 1 is 1.14 bits per heavy atom. The van der Waals surface area contributed by atoms with Crippen molar-refractivity contribution >= 4 is 11.6 Å². The molecular formula is C16H18ClFN2O. The third kappa shape index (κ3) is 3.94. The maximum absolute atomic E-state index is 13.3. The van der Waals surface area contributed by atoms with Crippen LogP contribution in [0.15, 0.2) is 42.5 Å². The van der Waals surface area contributed by atoms with Crippen LogP contribution in [0.4, 0.5) is 4.39 Å². The Labute approximate surface area is 128 Å². The van der Waals surface area contributed by atoms with Crippen LogP contribution in [0.3, 0.4) is 0 Å². The first-order valence-electron chi connectivity index (χ1n) is 6.69. The Hall–Kier alpha value is -1.62. The molecule has 0 aliphatic carbocycles. The van der Waals surface area contributed by atoms with Gasteiger partial charge in [-0.1, -0.05) is 29.8 Å². The Morgan fingerprint density at radius 3 is 2.48 bits per heavy atom. The molecular weight excluding hydrogens is 291 g/mol. The van der Waals surface area contributed by atoms with Gasteiger partial charge in [0.05, 0.1) is 17.2 Å². The van der Waals surface area contributed by atoms with E-state index in [1.54, 1.807) is 12.1 Å². The first-order valence-corrected chi connectivity index (χ1v) is 7.06. The van der Waals surface area contributed by atoms with Gasteiger partial charge in [-0.2, -0.15) is 0 Å². The van der Waals surface area contributed by atoms with Crippen molar-refractivity contribution in [2.24, 2.45) is 5.84 Å². The minimum absolute atomic E-state index is 0.0716. The lowest BCUT2D eigenvalue weighted by molar-refractivity contribution is 0.242. The Bertz CT molecular complexity index is 619. The van der Waals surface area contributed by atoms with Gasteiger partial charge >= 0.3 is 0 Å². The van der Waals surface area contributed by atoms with Crippen molar-refractivity contribution in [3.8, 4) is 5.75 Å². The third-order valence-electron chi connectivity index (χ3n) is 3.01. The van der Waals surface area contributed by atoms with Crippen LogP contribution in [0.5, 0.6) is 5.75 Å². The lowest BCUT2D eigenvalue weighted by Crippen LogP contribution is -2.28. The van der Waals surface area contributed by atoms with Gasteiger partial charge in [-0.15, -0.1) is 0 Å². The van der Waals surface area contributed by atoms with Gasteiger partial charge in [0, 0.05) is 0 Å². The number of hydrogen-bond donors (Lipinski definition) is 2. The third-order valence-corrected chi connectivity index (χ3v) is 3.30. The number of nitrogens with one attached hydrogen (secondary N) is 1. The summed E-state index contributed by atoms with van der Waals surface area (Å²) < 4.78 is 18.9. The lowest BCUT2D eigenvalue weighted by atomic mass is 9.99. The van der Waals surface area contributed by atoms with E-state index in [9.17, 15) is 4.39 Å². The second-order valence-corrected chi connectivity index (χ2v) is 5.42. The highest BCUT2D eigenvalue weighted by atomic mass is 35.5. The van der Waals surface area contributed by atoms with E-state index in [1.165, 1.54) is 6.07 Å². The predicted octanol–water partition coefficient (Wildman–Crippen LogP) is 3.82. The fraction of sp³-hybridized carbons (Fsp3) is 0.250. The number of ether oxygens (including phenoxy) is 1. The number of hydrazine groups is 1. The van der Waals surface area contributed by atoms with Crippen LogP contribution < -0.4 is 16.0 Å². The molecule has 0 amide bonds. The molecule has 0 saturated heterocycles. The average molecular weight is 309 g/mol. The summed E-state index contributed by atoms with van der Waals surface area (Å²) in [6.45, 7) is 3.93. The van der Waals surface area contributed by atoms with Crippen molar-refractivity contribution in [2.75, 3.05) is 0 Å². The van der Waals surface area contributed by atoms with E-state index >= 15 is 0 Å². The van der Waals surface area contributed by atoms with Gasteiger partial charge in [0.2, 0.25) is 0 Å². The molecule has 0 bridgehead atoms. The molecule has 21 heavy (non-hydrogen) atoms. The van der Waals surface area contributed by atoms with Crippen molar-refractivity contribution in [3.05, 3.63) is 64.4 Å². The molecule has 0 spiro atoms. The summed E-state index contributed by atoms with van der Waals surface area (Å²) in [6, 6.07) is 11.9. The number of hydrogen-bond acceptors (Lipinski definition) is 3. The molecule has 2 aromatic rings. The van der Waals surface area contributed by atoms with Crippen LogP contribution in [0.25, 0.3) is 0 Å². The summed E-state index contributed by atoms with van der Waals surface area (Å²) in [5, 5.41) is 0.0716. The highest BCUT2D eigenvalue weighted by Crippen LogP contribution is 2.27. The molecule has 1 atom stereocenters. The molecule has 3 N–H and O–H groups in total. The van der Waals surface area contributed by atoms with Crippen LogP contribution in [0.2, 0.25) is 5.02 Å². The predicted molar refractivity (Wildman–Crippen MR) is 82.8 cm³/mol. The summed E-state index contributed by atoms with van der Waals surface area (Å²) in [5.41, 5.74) is 4.42. The summed E-state index contributed by atoms with van der Waals surface area (Å²) in [4.78, 5) is 0. The summed E-state index contributed by atoms with van der Waals surface area (Å²) >= 11 is 5.83. The van der Waals surface area contributed by atoms with Crippen LogP contribution >= 0.6 is 11.6 Å². The van der Waals surface area contributed by atoms with Gasteiger partial charge in [0.15, 0.2) is 0 Å². The Balaban J connectivity index is 2.34. The minimum atomic E-state index is -0.451. The van der Waals surface area contributed by atoms with Crippen LogP contribution in [-0.2, 0) is 0 Å². The maximum atomic E-state index is 13.3.